The van der Waals surface area contributed by atoms with E-state index in [1.165, 1.54) is 0 Å². The summed E-state index contributed by atoms with van der Waals surface area (Å²) in [6.45, 7) is 6.20. The van der Waals surface area contributed by atoms with Crippen LogP contribution in [0.4, 0.5) is 5.69 Å². The molecule has 0 saturated carbocycles. The van der Waals surface area contributed by atoms with Crippen LogP contribution in [0.3, 0.4) is 0 Å². The first kappa shape index (κ1) is 15.8. The average molecular weight is 292 g/mol. The minimum Gasteiger partial charge on any atom is -0.388 e. The van der Waals surface area contributed by atoms with Crippen molar-refractivity contribution in [1.82, 2.24) is 5.32 Å². The zero-order chi connectivity index (χ0) is 15.2. The number of amides is 1. The van der Waals surface area contributed by atoms with E-state index in [1.807, 2.05) is 38.1 Å². The first-order valence-corrected chi connectivity index (χ1v) is 7.57. The molecule has 0 aromatic heterocycles. The summed E-state index contributed by atoms with van der Waals surface area (Å²) in [6.07, 6.45) is 0.265. The second-order valence-electron chi connectivity index (χ2n) is 5.19. The molecule has 21 heavy (non-hydrogen) atoms. The Balaban J connectivity index is 2.15. The molecule has 5 heteroatoms. The molecule has 1 heterocycles. The van der Waals surface area contributed by atoms with Crippen molar-refractivity contribution < 1.29 is 14.6 Å². The highest BCUT2D eigenvalue weighted by Gasteiger charge is 2.29. The number of benzene rings is 1. The Morgan fingerprint density at radius 2 is 2.14 bits per heavy atom. The molecule has 1 fully saturated rings. The van der Waals surface area contributed by atoms with Crippen LogP contribution in [-0.4, -0.2) is 43.4 Å². The molecule has 1 aromatic rings. The van der Waals surface area contributed by atoms with Gasteiger partial charge in [-0.1, -0.05) is 19.1 Å². The van der Waals surface area contributed by atoms with Crippen LogP contribution in [0.25, 0.3) is 0 Å². The Bertz CT molecular complexity index is 461. The van der Waals surface area contributed by atoms with Crippen LogP contribution in [0.5, 0.6) is 0 Å². The van der Waals surface area contributed by atoms with Crippen molar-refractivity contribution in [3.63, 3.8) is 0 Å². The number of aliphatic hydroxyl groups excluding tert-OH is 1. The molecule has 0 aliphatic carbocycles. The smallest absolute Gasteiger partial charge is 0.245 e. The first-order chi connectivity index (χ1) is 10.2. The molecule has 1 amide bonds. The lowest BCUT2D eigenvalue weighted by Crippen LogP contribution is -2.54. The molecule has 2 rings (SSSR count). The predicted molar refractivity (Wildman–Crippen MR) is 82.3 cm³/mol. The van der Waals surface area contributed by atoms with Gasteiger partial charge in [-0.2, -0.15) is 0 Å². The minimum absolute atomic E-state index is 0.00475. The molecule has 0 bridgehead atoms. The molecule has 1 aliphatic heterocycles. The molecule has 1 saturated heterocycles. The third-order valence-electron chi connectivity index (χ3n) is 3.78. The highest BCUT2D eigenvalue weighted by Crippen LogP contribution is 2.23. The number of aliphatic hydroxyl groups is 1. The van der Waals surface area contributed by atoms with E-state index in [-0.39, 0.29) is 11.9 Å². The van der Waals surface area contributed by atoms with Crippen molar-refractivity contribution in [2.24, 2.45) is 0 Å². The molecular formula is C16H24N2O3. The standard InChI is InChI=1S/C16H24N2O3/c1-3-15(19)12-5-7-13(8-6-12)18-9-10-21-11-14(18)16(20)17-4-2/h5-8,14-15,19H,3-4,9-11H2,1-2H3,(H,17,20)/t14?,15-/m1/s1. The SMILES string of the molecule is CCNC(=O)C1COCCN1c1ccc([C@H](O)CC)cc1. The number of hydrogen-bond donors (Lipinski definition) is 2. The topological polar surface area (TPSA) is 61.8 Å². The van der Waals surface area contributed by atoms with E-state index in [4.69, 9.17) is 4.74 Å². The lowest BCUT2D eigenvalue weighted by molar-refractivity contribution is -0.124. The predicted octanol–water partition coefficient (Wildman–Crippen LogP) is 1.47. The summed E-state index contributed by atoms with van der Waals surface area (Å²) in [7, 11) is 0. The molecular weight excluding hydrogens is 268 g/mol. The Morgan fingerprint density at radius 1 is 1.43 bits per heavy atom. The quantitative estimate of drug-likeness (QED) is 0.863. The van der Waals surface area contributed by atoms with Crippen LogP contribution in [0.2, 0.25) is 0 Å². The number of hydrogen-bond acceptors (Lipinski definition) is 4. The number of nitrogens with one attached hydrogen (secondary N) is 1. The summed E-state index contributed by atoms with van der Waals surface area (Å²) < 4.78 is 5.44. The van der Waals surface area contributed by atoms with Gasteiger partial charge in [-0.3, -0.25) is 4.79 Å². The maximum atomic E-state index is 12.1. The lowest BCUT2D eigenvalue weighted by atomic mass is 10.1. The number of carbonyl (C=O) groups excluding carboxylic acids is 1. The largest absolute Gasteiger partial charge is 0.388 e. The number of carbonyl (C=O) groups is 1. The highest BCUT2D eigenvalue weighted by atomic mass is 16.5. The van der Waals surface area contributed by atoms with E-state index in [2.05, 4.69) is 10.2 Å². The molecule has 1 unspecified atom stereocenters. The van der Waals surface area contributed by atoms with Gasteiger partial charge in [0.2, 0.25) is 5.91 Å². The van der Waals surface area contributed by atoms with E-state index in [0.717, 1.165) is 11.3 Å². The van der Waals surface area contributed by atoms with E-state index >= 15 is 0 Å². The average Bonchev–Trinajstić information content (AvgIpc) is 2.54. The van der Waals surface area contributed by atoms with Crippen molar-refractivity contribution in [3.8, 4) is 0 Å². The Morgan fingerprint density at radius 3 is 2.76 bits per heavy atom. The van der Waals surface area contributed by atoms with E-state index in [1.54, 1.807) is 0 Å². The summed E-state index contributed by atoms with van der Waals surface area (Å²) >= 11 is 0. The number of likely N-dealkylation sites (N-methyl/N-ethyl adjacent to an activating group) is 1. The van der Waals surface area contributed by atoms with Gasteiger partial charge in [0.05, 0.1) is 19.3 Å². The van der Waals surface area contributed by atoms with E-state index < -0.39 is 6.10 Å². The maximum absolute atomic E-state index is 12.1. The summed E-state index contributed by atoms with van der Waals surface area (Å²) in [5, 5.41) is 12.7. The van der Waals surface area contributed by atoms with Crippen LogP contribution in [0.15, 0.2) is 24.3 Å². The first-order valence-electron chi connectivity index (χ1n) is 7.57. The van der Waals surface area contributed by atoms with Crippen LogP contribution in [-0.2, 0) is 9.53 Å². The number of rotatable bonds is 5. The van der Waals surface area contributed by atoms with Gasteiger partial charge in [-0.05, 0) is 31.0 Å². The highest BCUT2D eigenvalue weighted by molar-refractivity contribution is 5.85. The van der Waals surface area contributed by atoms with Crippen molar-refractivity contribution in [2.75, 3.05) is 31.2 Å². The zero-order valence-electron chi connectivity index (χ0n) is 12.7. The molecule has 2 atom stereocenters. The van der Waals surface area contributed by atoms with Crippen LogP contribution in [0, 0.1) is 0 Å². The second-order valence-corrected chi connectivity index (χ2v) is 5.19. The molecule has 0 radical (unpaired) electrons. The van der Waals surface area contributed by atoms with Crippen LogP contribution in [0.1, 0.15) is 31.9 Å². The minimum atomic E-state index is -0.428. The van der Waals surface area contributed by atoms with Gasteiger partial charge in [-0.15, -0.1) is 0 Å². The van der Waals surface area contributed by atoms with Gasteiger partial charge >= 0.3 is 0 Å². The van der Waals surface area contributed by atoms with E-state index in [0.29, 0.717) is 32.7 Å². The third kappa shape index (κ3) is 3.74. The van der Waals surface area contributed by atoms with E-state index in [9.17, 15) is 9.90 Å². The molecule has 116 valence electrons. The maximum Gasteiger partial charge on any atom is 0.245 e. The van der Waals surface area contributed by atoms with Crippen molar-refractivity contribution in [3.05, 3.63) is 29.8 Å². The normalized spacial score (nSPS) is 20.1. The monoisotopic (exact) mass is 292 g/mol. The number of ether oxygens (including phenoxy) is 1. The Hall–Kier alpha value is -1.59. The lowest BCUT2D eigenvalue weighted by Gasteiger charge is -2.36. The molecule has 1 aliphatic rings. The van der Waals surface area contributed by atoms with Gasteiger partial charge in [-0.25, -0.2) is 0 Å². The number of anilines is 1. The zero-order valence-corrected chi connectivity index (χ0v) is 12.7. The fourth-order valence-electron chi connectivity index (χ4n) is 2.55. The molecule has 0 spiro atoms. The van der Waals surface area contributed by atoms with Gasteiger partial charge in [0.15, 0.2) is 0 Å². The van der Waals surface area contributed by atoms with Crippen LogP contribution < -0.4 is 10.2 Å². The second kappa shape index (κ2) is 7.43. The third-order valence-corrected chi connectivity index (χ3v) is 3.78. The number of morpholine rings is 1. The van der Waals surface area contributed by atoms with Gasteiger partial charge < -0.3 is 20.1 Å². The molecule has 5 nitrogen and oxygen atoms in total. The summed E-state index contributed by atoms with van der Waals surface area (Å²) in [5.74, 6) is -0.00475. The summed E-state index contributed by atoms with van der Waals surface area (Å²) in [6, 6.07) is 7.49. The van der Waals surface area contributed by atoms with Crippen LogP contribution >= 0.6 is 0 Å². The summed E-state index contributed by atoms with van der Waals surface area (Å²) in [4.78, 5) is 14.2. The fourth-order valence-corrected chi connectivity index (χ4v) is 2.55. The van der Waals surface area contributed by atoms with Gasteiger partial charge in [0.25, 0.3) is 0 Å². The van der Waals surface area contributed by atoms with Gasteiger partial charge in [0.1, 0.15) is 6.04 Å². The van der Waals surface area contributed by atoms with Crippen molar-refractivity contribution >= 4 is 11.6 Å². The fraction of sp³-hybridized carbons (Fsp3) is 0.562. The Labute approximate surface area is 125 Å². The molecule has 2 N–H and O–H groups in total. The van der Waals surface area contributed by atoms with Gasteiger partial charge in [0, 0.05) is 18.8 Å². The summed E-state index contributed by atoms with van der Waals surface area (Å²) in [5.41, 5.74) is 1.89. The van der Waals surface area contributed by atoms with Crippen molar-refractivity contribution in [2.45, 2.75) is 32.4 Å². The van der Waals surface area contributed by atoms with Crippen molar-refractivity contribution in [1.29, 1.82) is 0 Å². The Kier molecular flexibility index (Phi) is 5.59. The number of nitrogens with zero attached hydrogens (tertiary/aromatic N) is 1. The molecule has 1 aromatic carbocycles.